The average molecular weight is 506 g/mol. The van der Waals surface area contributed by atoms with Crippen LogP contribution in [0.5, 0.6) is 0 Å². The van der Waals surface area contributed by atoms with E-state index >= 15 is 0 Å². The second-order valence-corrected chi connectivity index (χ2v) is 9.62. The number of piperidine rings is 1. The molecule has 2 aliphatic heterocycles. The fourth-order valence-electron chi connectivity index (χ4n) is 5.01. The molecule has 0 aliphatic carbocycles. The number of carbonyl (C=O) groups is 2. The number of likely N-dealkylation sites (tertiary alicyclic amines) is 1. The smallest absolute Gasteiger partial charge is 0.320 e. The first kappa shape index (κ1) is 24.8. The van der Waals surface area contributed by atoms with Gasteiger partial charge in [0.05, 0.1) is 19.1 Å². The number of fused-ring (bicyclic) bond motifs is 1. The van der Waals surface area contributed by atoms with Crippen molar-refractivity contribution in [3.8, 4) is 11.3 Å². The highest BCUT2D eigenvalue weighted by atomic mass is 19.1. The lowest BCUT2D eigenvalue weighted by atomic mass is 9.98. The summed E-state index contributed by atoms with van der Waals surface area (Å²) < 4.78 is 20.9. The van der Waals surface area contributed by atoms with Crippen LogP contribution in [0.3, 0.4) is 0 Å². The zero-order chi connectivity index (χ0) is 25.9. The maximum absolute atomic E-state index is 13.6. The van der Waals surface area contributed by atoms with E-state index in [1.807, 2.05) is 31.2 Å². The number of nitrogens with zero attached hydrogens (tertiary/aromatic N) is 4. The molecule has 1 saturated heterocycles. The molecule has 2 amide bonds. The number of imidazole rings is 1. The Balaban J connectivity index is 1.39. The Hall–Kier alpha value is -3.88. The monoisotopic (exact) mass is 505 g/mol. The van der Waals surface area contributed by atoms with Crippen LogP contribution in [0.2, 0.25) is 0 Å². The van der Waals surface area contributed by atoms with E-state index in [9.17, 15) is 14.0 Å². The van der Waals surface area contributed by atoms with Crippen molar-refractivity contribution in [3.63, 3.8) is 0 Å². The molecule has 0 bridgehead atoms. The lowest BCUT2D eigenvalue weighted by molar-refractivity contribution is -0.149. The zero-order valence-electron chi connectivity index (χ0n) is 21.2. The molecule has 194 valence electrons. The first-order valence-corrected chi connectivity index (χ1v) is 12.8. The number of amides is 2. The van der Waals surface area contributed by atoms with Gasteiger partial charge in [-0.1, -0.05) is 17.7 Å². The second kappa shape index (κ2) is 10.6. The standard InChI is InChI=1S/C28H32FN5O3/c1-3-37-27(35)21-5-4-14-32(17-21)28(36)33-15-16-34-24(18-33)31-25(20-8-10-22(29)11-9-20)26(34)30-23-12-6-19(2)7-13-23/h6-13,21,30H,3-5,14-18H2,1-2H3. The minimum Gasteiger partial charge on any atom is -0.466 e. The molecule has 5 rings (SSSR count). The molecule has 1 unspecified atom stereocenters. The van der Waals surface area contributed by atoms with Gasteiger partial charge in [-0.3, -0.25) is 4.79 Å². The molecule has 1 N–H and O–H groups in total. The highest BCUT2D eigenvalue weighted by Gasteiger charge is 2.34. The molecule has 3 heterocycles. The molecule has 1 aromatic heterocycles. The van der Waals surface area contributed by atoms with Gasteiger partial charge < -0.3 is 24.4 Å². The van der Waals surface area contributed by atoms with Crippen molar-refractivity contribution in [1.82, 2.24) is 19.4 Å². The van der Waals surface area contributed by atoms with Gasteiger partial charge in [-0.15, -0.1) is 0 Å². The van der Waals surface area contributed by atoms with Gasteiger partial charge in [0.1, 0.15) is 23.2 Å². The number of rotatable bonds is 5. The molecular weight excluding hydrogens is 473 g/mol. The predicted molar refractivity (Wildman–Crippen MR) is 139 cm³/mol. The summed E-state index contributed by atoms with van der Waals surface area (Å²) in [6, 6.07) is 14.3. The van der Waals surface area contributed by atoms with Gasteiger partial charge in [0, 0.05) is 37.4 Å². The van der Waals surface area contributed by atoms with E-state index < -0.39 is 0 Å². The Morgan fingerprint density at radius 1 is 1.05 bits per heavy atom. The first-order chi connectivity index (χ1) is 17.9. The molecule has 1 fully saturated rings. The maximum atomic E-state index is 13.6. The molecule has 2 aliphatic rings. The number of urea groups is 1. The molecule has 0 spiro atoms. The molecular formula is C28H32FN5O3. The number of hydrogen-bond acceptors (Lipinski definition) is 5. The van der Waals surface area contributed by atoms with E-state index in [1.165, 1.54) is 12.1 Å². The van der Waals surface area contributed by atoms with Gasteiger partial charge in [0.25, 0.3) is 0 Å². The van der Waals surface area contributed by atoms with E-state index in [4.69, 9.17) is 9.72 Å². The normalized spacial score (nSPS) is 17.3. The molecule has 8 nitrogen and oxygen atoms in total. The topological polar surface area (TPSA) is 79.7 Å². The highest BCUT2D eigenvalue weighted by Crippen LogP contribution is 2.34. The van der Waals surface area contributed by atoms with E-state index in [-0.39, 0.29) is 23.7 Å². The predicted octanol–water partition coefficient (Wildman–Crippen LogP) is 4.95. The lowest BCUT2D eigenvalue weighted by Gasteiger charge is -2.37. The zero-order valence-corrected chi connectivity index (χ0v) is 21.2. The highest BCUT2D eigenvalue weighted by molar-refractivity contribution is 5.79. The van der Waals surface area contributed by atoms with Gasteiger partial charge in [0.15, 0.2) is 0 Å². The summed E-state index contributed by atoms with van der Waals surface area (Å²) in [5.41, 5.74) is 3.60. The van der Waals surface area contributed by atoms with E-state index in [0.29, 0.717) is 45.0 Å². The van der Waals surface area contributed by atoms with Crippen molar-refractivity contribution in [3.05, 3.63) is 65.7 Å². The summed E-state index contributed by atoms with van der Waals surface area (Å²) in [5.74, 6) is 0.760. The third-order valence-corrected chi connectivity index (χ3v) is 6.99. The number of aromatic nitrogens is 2. The molecule has 37 heavy (non-hydrogen) atoms. The van der Waals surface area contributed by atoms with Crippen molar-refractivity contribution >= 4 is 23.5 Å². The van der Waals surface area contributed by atoms with Crippen LogP contribution >= 0.6 is 0 Å². The van der Waals surface area contributed by atoms with Crippen LogP contribution < -0.4 is 5.32 Å². The van der Waals surface area contributed by atoms with E-state index in [1.54, 1.807) is 28.9 Å². The van der Waals surface area contributed by atoms with Crippen molar-refractivity contribution in [2.75, 3.05) is 31.6 Å². The molecule has 9 heteroatoms. The number of hydrogen-bond donors (Lipinski definition) is 1. The number of aryl methyl sites for hydroxylation is 1. The number of anilines is 2. The first-order valence-electron chi connectivity index (χ1n) is 12.8. The van der Waals surface area contributed by atoms with Crippen LogP contribution in [0.4, 0.5) is 20.7 Å². The summed E-state index contributed by atoms with van der Waals surface area (Å²) in [6.07, 6.45) is 1.51. The van der Waals surface area contributed by atoms with Gasteiger partial charge in [-0.25, -0.2) is 14.2 Å². The largest absolute Gasteiger partial charge is 0.466 e. The van der Waals surface area contributed by atoms with Crippen LogP contribution in [-0.4, -0.2) is 57.6 Å². The lowest BCUT2D eigenvalue weighted by Crippen LogP contribution is -2.50. The molecule has 1 atom stereocenters. The van der Waals surface area contributed by atoms with Gasteiger partial charge in [-0.2, -0.15) is 0 Å². The van der Waals surface area contributed by atoms with Crippen LogP contribution in [0.25, 0.3) is 11.3 Å². The van der Waals surface area contributed by atoms with Gasteiger partial charge >= 0.3 is 12.0 Å². The van der Waals surface area contributed by atoms with Gasteiger partial charge in [0.2, 0.25) is 0 Å². The quantitative estimate of drug-likeness (QED) is 0.497. The third-order valence-electron chi connectivity index (χ3n) is 6.99. The number of halogens is 1. The summed E-state index contributed by atoms with van der Waals surface area (Å²) in [7, 11) is 0. The van der Waals surface area contributed by atoms with Gasteiger partial charge in [-0.05, 0) is 63.1 Å². The Morgan fingerprint density at radius 3 is 2.54 bits per heavy atom. The Kier molecular flexibility index (Phi) is 7.12. The number of esters is 1. The number of benzene rings is 2. The molecule has 2 aromatic carbocycles. The second-order valence-electron chi connectivity index (χ2n) is 9.62. The fraction of sp³-hybridized carbons (Fsp3) is 0.393. The van der Waals surface area contributed by atoms with Crippen LogP contribution in [-0.2, 0) is 22.6 Å². The number of ether oxygens (including phenoxy) is 1. The maximum Gasteiger partial charge on any atom is 0.320 e. The van der Waals surface area contributed by atoms with Crippen molar-refractivity contribution in [2.45, 2.75) is 39.8 Å². The number of carbonyl (C=O) groups excluding carboxylic acids is 2. The summed E-state index contributed by atoms with van der Waals surface area (Å²) in [6.45, 7) is 6.62. The summed E-state index contributed by atoms with van der Waals surface area (Å²) in [5, 5.41) is 3.50. The van der Waals surface area contributed by atoms with E-state index in [2.05, 4.69) is 9.88 Å². The van der Waals surface area contributed by atoms with Crippen LogP contribution in [0, 0.1) is 18.7 Å². The Morgan fingerprint density at radius 2 is 1.81 bits per heavy atom. The van der Waals surface area contributed by atoms with Crippen molar-refractivity contribution in [2.24, 2.45) is 5.92 Å². The molecule has 3 aromatic rings. The third kappa shape index (κ3) is 5.30. The van der Waals surface area contributed by atoms with Crippen molar-refractivity contribution in [1.29, 1.82) is 0 Å². The Bertz CT molecular complexity index is 1270. The molecule has 0 radical (unpaired) electrons. The van der Waals surface area contributed by atoms with Crippen molar-refractivity contribution < 1.29 is 18.7 Å². The molecule has 0 saturated carbocycles. The number of nitrogens with one attached hydrogen (secondary N) is 1. The minimum atomic E-state index is -0.305. The Labute approximate surface area is 216 Å². The summed E-state index contributed by atoms with van der Waals surface area (Å²) >= 11 is 0. The van der Waals surface area contributed by atoms with Crippen LogP contribution in [0.15, 0.2) is 48.5 Å². The van der Waals surface area contributed by atoms with E-state index in [0.717, 1.165) is 41.3 Å². The SMILES string of the molecule is CCOC(=O)C1CCCN(C(=O)N2CCn3c(nc(-c4ccc(F)cc4)c3Nc3ccc(C)cc3)C2)C1. The minimum absolute atomic E-state index is 0.0837. The van der Waals surface area contributed by atoms with Crippen LogP contribution in [0.1, 0.15) is 31.2 Å². The summed E-state index contributed by atoms with van der Waals surface area (Å²) in [4.78, 5) is 34.1. The fourth-order valence-corrected chi connectivity index (χ4v) is 5.01. The average Bonchev–Trinajstić information content (AvgIpc) is 3.27.